The van der Waals surface area contributed by atoms with Crippen LogP contribution in [0.2, 0.25) is 0 Å². The van der Waals surface area contributed by atoms with E-state index in [-0.39, 0.29) is 0 Å². The molecule has 0 bridgehead atoms. The molecule has 0 fully saturated rings. The van der Waals surface area contributed by atoms with E-state index < -0.39 is 0 Å². The summed E-state index contributed by atoms with van der Waals surface area (Å²) in [6.07, 6.45) is 8.68. The first kappa shape index (κ1) is 20.8. The van der Waals surface area contributed by atoms with E-state index in [1.54, 1.807) is 11.7 Å². The molecule has 148 valence electrons. The Labute approximate surface area is 163 Å². The first-order valence-electron chi connectivity index (χ1n) is 9.76. The van der Waals surface area contributed by atoms with Crippen molar-refractivity contribution in [2.75, 3.05) is 13.7 Å². The molecule has 1 aromatic heterocycles. The number of benzene rings is 1. The third-order valence-corrected chi connectivity index (χ3v) is 4.37. The van der Waals surface area contributed by atoms with Crippen LogP contribution in [-0.2, 0) is 20.1 Å². The molecule has 6 nitrogen and oxygen atoms in total. The maximum atomic E-state index is 6.05. The molecule has 0 spiro atoms. The van der Waals surface area contributed by atoms with Crippen LogP contribution in [0.15, 0.2) is 35.6 Å². The molecule has 1 aromatic carbocycles. The van der Waals surface area contributed by atoms with Gasteiger partial charge in [0.1, 0.15) is 5.75 Å². The molecule has 1 heterocycles. The second-order valence-corrected chi connectivity index (χ2v) is 6.82. The lowest BCUT2D eigenvalue weighted by atomic mass is 10.1. The van der Waals surface area contributed by atoms with Crippen molar-refractivity contribution in [2.45, 2.75) is 52.6 Å². The number of hydrogen-bond donors (Lipinski definition) is 2. The van der Waals surface area contributed by atoms with Crippen LogP contribution < -0.4 is 15.4 Å². The molecule has 0 aliphatic rings. The zero-order valence-electron chi connectivity index (χ0n) is 17.1. The smallest absolute Gasteiger partial charge is 0.191 e. The van der Waals surface area contributed by atoms with Gasteiger partial charge in [-0.2, -0.15) is 5.10 Å². The summed E-state index contributed by atoms with van der Waals surface area (Å²) in [5.41, 5.74) is 3.47. The second kappa shape index (κ2) is 11.3. The average molecular weight is 372 g/mol. The number of hydrogen-bond acceptors (Lipinski definition) is 3. The highest BCUT2D eigenvalue weighted by Gasteiger charge is 2.06. The van der Waals surface area contributed by atoms with Crippen molar-refractivity contribution in [1.29, 1.82) is 0 Å². The number of ether oxygens (including phenoxy) is 1. The van der Waals surface area contributed by atoms with Gasteiger partial charge in [0.25, 0.3) is 0 Å². The summed E-state index contributed by atoms with van der Waals surface area (Å²) in [7, 11) is 3.69. The van der Waals surface area contributed by atoms with Crippen LogP contribution in [0.1, 0.15) is 49.3 Å². The molecule has 27 heavy (non-hydrogen) atoms. The number of unbranched alkanes of at least 4 members (excludes halogenated alkanes) is 3. The van der Waals surface area contributed by atoms with Gasteiger partial charge in [0.2, 0.25) is 0 Å². The van der Waals surface area contributed by atoms with Crippen molar-refractivity contribution in [1.82, 2.24) is 20.4 Å². The van der Waals surface area contributed by atoms with E-state index in [4.69, 9.17) is 4.74 Å². The molecule has 0 radical (unpaired) electrons. The average Bonchev–Trinajstić information content (AvgIpc) is 3.08. The molecule has 0 amide bonds. The van der Waals surface area contributed by atoms with Crippen molar-refractivity contribution < 1.29 is 4.74 Å². The highest BCUT2D eigenvalue weighted by Crippen LogP contribution is 2.21. The van der Waals surface area contributed by atoms with Crippen LogP contribution in [0.5, 0.6) is 5.75 Å². The minimum absolute atomic E-state index is 0.664. The molecule has 2 aromatic rings. The SMILES string of the molecule is CCCCCCOc1cc(C)ccc1CNC(=NC)NCc1cnn(C)c1. The van der Waals surface area contributed by atoms with Crippen molar-refractivity contribution >= 4 is 5.96 Å². The highest BCUT2D eigenvalue weighted by atomic mass is 16.5. The first-order chi connectivity index (χ1) is 13.1. The third kappa shape index (κ3) is 7.33. The predicted octanol–water partition coefficient (Wildman–Crippen LogP) is 3.55. The number of guanidine groups is 1. The maximum Gasteiger partial charge on any atom is 0.191 e. The van der Waals surface area contributed by atoms with Gasteiger partial charge in [-0.1, -0.05) is 38.3 Å². The molecule has 6 heteroatoms. The first-order valence-corrected chi connectivity index (χ1v) is 9.76. The zero-order valence-corrected chi connectivity index (χ0v) is 17.1. The van der Waals surface area contributed by atoms with Gasteiger partial charge in [-0.25, -0.2) is 0 Å². The molecule has 0 atom stereocenters. The van der Waals surface area contributed by atoms with E-state index in [2.05, 4.69) is 52.8 Å². The zero-order chi connectivity index (χ0) is 19.5. The monoisotopic (exact) mass is 371 g/mol. The minimum atomic E-state index is 0.664. The Morgan fingerprint density at radius 1 is 1.19 bits per heavy atom. The lowest BCUT2D eigenvalue weighted by molar-refractivity contribution is 0.301. The summed E-state index contributed by atoms with van der Waals surface area (Å²) in [5.74, 6) is 1.72. The fourth-order valence-corrected chi connectivity index (χ4v) is 2.80. The van der Waals surface area contributed by atoms with E-state index in [9.17, 15) is 0 Å². The molecule has 0 aliphatic heterocycles. The van der Waals surface area contributed by atoms with E-state index >= 15 is 0 Å². The van der Waals surface area contributed by atoms with Gasteiger partial charge in [0.15, 0.2) is 5.96 Å². The number of aliphatic imine (C=N–C) groups is 1. The number of aryl methyl sites for hydroxylation is 2. The van der Waals surface area contributed by atoms with E-state index in [0.29, 0.717) is 13.1 Å². The fourth-order valence-electron chi connectivity index (χ4n) is 2.80. The Morgan fingerprint density at radius 2 is 2.00 bits per heavy atom. The van der Waals surface area contributed by atoms with Crippen molar-refractivity contribution in [3.8, 4) is 5.75 Å². The van der Waals surface area contributed by atoms with E-state index in [1.807, 2.05) is 19.4 Å². The van der Waals surface area contributed by atoms with Crippen molar-refractivity contribution in [3.05, 3.63) is 47.3 Å². The molecular formula is C21H33N5O. The number of nitrogens with zero attached hydrogens (tertiary/aromatic N) is 3. The summed E-state index contributed by atoms with van der Waals surface area (Å²) >= 11 is 0. The quantitative estimate of drug-likeness (QED) is 0.381. The second-order valence-electron chi connectivity index (χ2n) is 6.82. The molecule has 2 N–H and O–H groups in total. The van der Waals surface area contributed by atoms with Crippen molar-refractivity contribution in [3.63, 3.8) is 0 Å². The lowest BCUT2D eigenvalue weighted by Gasteiger charge is -2.15. The van der Waals surface area contributed by atoms with Gasteiger partial charge in [-0.15, -0.1) is 0 Å². The van der Waals surface area contributed by atoms with Gasteiger partial charge < -0.3 is 15.4 Å². The summed E-state index contributed by atoms with van der Waals surface area (Å²) in [5, 5.41) is 10.9. The summed E-state index contributed by atoms with van der Waals surface area (Å²) < 4.78 is 7.85. The molecule has 0 unspecified atom stereocenters. The van der Waals surface area contributed by atoms with Crippen LogP contribution in [-0.4, -0.2) is 29.4 Å². The summed E-state index contributed by atoms with van der Waals surface area (Å²) in [6, 6.07) is 6.35. The van der Waals surface area contributed by atoms with Crippen LogP contribution in [0.4, 0.5) is 0 Å². The predicted molar refractivity (Wildman–Crippen MR) is 111 cm³/mol. The van der Waals surface area contributed by atoms with E-state index in [0.717, 1.165) is 35.9 Å². The Balaban J connectivity index is 1.87. The van der Waals surface area contributed by atoms with Gasteiger partial charge in [-0.3, -0.25) is 9.67 Å². The standard InChI is InChI=1S/C21H33N5O/c1-5-6-7-8-11-27-20-12-17(2)9-10-19(20)15-24-21(22-3)23-13-18-14-25-26(4)16-18/h9-10,12,14,16H,5-8,11,13,15H2,1-4H3,(H2,22,23,24). The van der Waals surface area contributed by atoms with Crippen molar-refractivity contribution in [2.24, 2.45) is 12.0 Å². The topological polar surface area (TPSA) is 63.5 Å². The van der Waals surface area contributed by atoms with Gasteiger partial charge >= 0.3 is 0 Å². The minimum Gasteiger partial charge on any atom is -0.493 e. The van der Waals surface area contributed by atoms with E-state index in [1.165, 1.54) is 24.8 Å². The lowest BCUT2D eigenvalue weighted by Crippen LogP contribution is -2.36. The van der Waals surface area contributed by atoms with Crippen LogP contribution in [0.3, 0.4) is 0 Å². The Bertz CT molecular complexity index is 723. The van der Waals surface area contributed by atoms with Crippen LogP contribution >= 0.6 is 0 Å². The molecule has 0 saturated heterocycles. The Morgan fingerprint density at radius 3 is 2.70 bits per heavy atom. The van der Waals surface area contributed by atoms with Gasteiger partial charge in [0, 0.05) is 44.5 Å². The number of nitrogens with one attached hydrogen (secondary N) is 2. The van der Waals surface area contributed by atoms with Gasteiger partial charge in [0.05, 0.1) is 12.8 Å². The highest BCUT2D eigenvalue weighted by molar-refractivity contribution is 5.79. The number of aromatic nitrogens is 2. The maximum absolute atomic E-state index is 6.05. The normalized spacial score (nSPS) is 11.5. The number of rotatable bonds is 10. The molecule has 0 aliphatic carbocycles. The molecular weight excluding hydrogens is 338 g/mol. The summed E-state index contributed by atoms with van der Waals surface area (Å²) in [6.45, 7) is 6.43. The Kier molecular flexibility index (Phi) is 8.68. The Hall–Kier alpha value is -2.50. The van der Waals surface area contributed by atoms with Gasteiger partial charge in [-0.05, 0) is 25.0 Å². The largest absolute Gasteiger partial charge is 0.493 e. The fraction of sp³-hybridized carbons (Fsp3) is 0.524. The van der Waals surface area contributed by atoms with Crippen LogP contribution in [0, 0.1) is 6.92 Å². The summed E-state index contributed by atoms with van der Waals surface area (Å²) in [4.78, 5) is 4.29. The third-order valence-electron chi connectivity index (χ3n) is 4.37. The molecule has 0 saturated carbocycles. The molecule has 2 rings (SSSR count). The van der Waals surface area contributed by atoms with Crippen LogP contribution in [0.25, 0.3) is 0 Å².